The topological polar surface area (TPSA) is 21.3 Å². The molecule has 0 bridgehead atoms. The van der Waals surface area contributed by atoms with E-state index in [2.05, 4.69) is 216 Å². The average Bonchev–Trinajstić information content (AvgIpc) is 4.02. The van der Waals surface area contributed by atoms with Crippen molar-refractivity contribution in [1.29, 1.82) is 0 Å². The molecule has 62 heavy (non-hydrogen) atoms. The Morgan fingerprint density at radius 2 is 1.10 bits per heavy atom. The molecular formula is C58H36N2OS. The number of furan rings is 1. The molecule has 0 radical (unpaired) electrons. The van der Waals surface area contributed by atoms with Gasteiger partial charge in [-0.05, 0) is 94.4 Å². The van der Waals surface area contributed by atoms with Crippen molar-refractivity contribution in [3.63, 3.8) is 0 Å². The maximum Gasteiger partial charge on any atom is 0.135 e. The Kier molecular flexibility index (Phi) is 7.78. The summed E-state index contributed by atoms with van der Waals surface area (Å²) in [7, 11) is 0. The first-order valence-electron chi connectivity index (χ1n) is 21.1. The number of aromatic nitrogens is 1. The zero-order chi connectivity index (χ0) is 40.7. The summed E-state index contributed by atoms with van der Waals surface area (Å²) in [4.78, 5) is 2.43. The van der Waals surface area contributed by atoms with E-state index in [9.17, 15) is 0 Å². The Morgan fingerprint density at radius 3 is 1.95 bits per heavy atom. The van der Waals surface area contributed by atoms with Crippen molar-refractivity contribution in [1.82, 2.24) is 4.57 Å². The lowest BCUT2D eigenvalue weighted by Gasteiger charge is -2.27. The zero-order valence-electron chi connectivity index (χ0n) is 33.5. The van der Waals surface area contributed by atoms with Crippen molar-refractivity contribution in [3.8, 4) is 27.9 Å². The number of hydrogen-bond acceptors (Lipinski definition) is 3. The van der Waals surface area contributed by atoms with E-state index in [4.69, 9.17) is 4.42 Å². The van der Waals surface area contributed by atoms with E-state index in [0.717, 1.165) is 50.3 Å². The molecule has 290 valence electrons. The van der Waals surface area contributed by atoms with E-state index in [1.807, 2.05) is 23.5 Å². The molecule has 3 nitrogen and oxygen atoms in total. The highest BCUT2D eigenvalue weighted by Crippen LogP contribution is 2.49. The molecule has 3 heterocycles. The van der Waals surface area contributed by atoms with E-state index in [1.165, 1.54) is 69.4 Å². The summed E-state index contributed by atoms with van der Waals surface area (Å²) in [5, 5.41) is 9.71. The third-order valence-electron chi connectivity index (χ3n) is 12.6. The van der Waals surface area contributed by atoms with Gasteiger partial charge in [0.25, 0.3) is 0 Å². The summed E-state index contributed by atoms with van der Waals surface area (Å²) in [5.74, 6) is 0. The van der Waals surface area contributed by atoms with E-state index in [-0.39, 0.29) is 0 Å². The number of benzene rings is 10. The second-order valence-electron chi connectivity index (χ2n) is 16.0. The molecule has 0 spiro atoms. The lowest BCUT2D eigenvalue weighted by Crippen LogP contribution is -2.10. The highest BCUT2D eigenvalue weighted by Gasteiger charge is 2.23. The van der Waals surface area contributed by atoms with E-state index < -0.39 is 0 Å². The highest BCUT2D eigenvalue weighted by molar-refractivity contribution is 7.26. The largest absolute Gasteiger partial charge is 0.456 e. The fourth-order valence-electron chi connectivity index (χ4n) is 9.73. The molecule has 0 unspecified atom stereocenters. The summed E-state index contributed by atoms with van der Waals surface area (Å²) in [6.07, 6.45) is 0. The van der Waals surface area contributed by atoms with Crippen LogP contribution >= 0.6 is 11.3 Å². The van der Waals surface area contributed by atoms with Crippen LogP contribution in [0.2, 0.25) is 0 Å². The Hall–Kier alpha value is -7.92. The second-order valence-corrected chi connectivity index (χ2v) is 17.1. The fourth-order valence-corrected chi connectivity index (χ4v) is 11.0. The first-order chi connectivity index (χ1) is 30.7. The first-order valence-corrected chi connectivity index (χ1v) is 21.9. The molecule has 0 fully saturated rings. The minimum atomic E-state index is 0.882. The number of thiophene rings is 1. The predicted molar refractivity (Wildman–Crippen MR) is 264 cm³/mol. The third kappa shape index (κ3) is 5.37. The molecule has 0 saturated carbocycles. The third-order valence-corrected chi connectivity index (χ3v) is 13.8. The van der Waals surface area contributed by atoms with Gasteiger partial charge in [-0.2, -0.15) is 0 Å². The maximum absolute atomic E-state index is 6.33. The molecule has 0 aliphatic carbocycles. The van der Waals surface area contributed by atoms with Crippen LogP contribution in [0.25, 0.3) is 103 Å². The molecule has 13 rings (SSSR count). The lowest BCUT2D eigenvalue weighted by molar-refractivity contribution is 0.669. The molecule has 3 aromatic heterocycles. The van der Waals surface area contributed by atoms with Gasteiger partial charge in [-0.25, -0.2) is 0 Å². The number of fused-ring (bicyclic) bond motifs is 11. The monoisotopic (exact) mass is 808 g/mol. The van der Waals surface area contributed by atoms with Gasteiger partial charge in [0, 0.05) is 64.2 Å². The lowest BCUT2D eigenvalue weighted by atomic mass is 9.99. The summed E-state index contributed by atoms with van der Waals surface area (Å²) in [5.41, 5.74) is 13.4. The molecule has 0 aliphatic rings. The van der Waals surface area contributed by atoms with E-state index >= 15 is 0 Å². The van der Waals surface area contributed by atoms with E-state index in [1.54, 1.807) is 0 Å². The zero-order valence-corrected chi connectivity index (χ0v) is 34.3. The molecule has 13 aromatic rings. The Balaban J connectivity index is 1.01. The Bertz CT molecular complexity index is 3860. The van der Waals surface area contributed by atoms with Crippen molar-refractivity contribution >= 4 is 103 Å². The normalized spacial score (nSPS) is 11.9. The van der Waals surface area contributed by atoms with Gasteiger partial charge in [0.2, 0.25) is 0 Å². The van der Waals surface area contributed by atoms with Crippen molar-refractivity contribution in [2.24, 2.45) is 0 Å². The second kappa shape index (κ2) is 13.8. The molecular weight excluding hydrogens is 773 g/mol. The molecule has 4 heteroatoms. The van der Waals surface area contributed by atoms with Gasteiger partial charge in [-0.15, -0.1) is 11.3 Å². The molecule has 0 amide bonds. The van der Waals surface area contributed by atoms with Crippen LogP contribution in [0.5, 0.6) is 0 Å². The summed E-state index contributed by atoms with van der Waals surface area (Å²) in [6, 6.07) is 79.2. The SMILES string of the molecule is c1ccc(-c2ccc(N(c3ccc(-c4ccc5c6ccc7ccccc7c6n(-c6ccccc6)c5c4)cc3)c3ccc4oc5ccccc5c4c3)c3c2sc2ccccc23)cc1. The van der Waals surface area contributed by atoms with Gasteiger partial charge < -0.3 is 13.9 Å². The van der Waals surface area contributed by atoms with E-state index in [0.29, 0.717) is 0 Å². The van der Waals surface area contributed by atoms with Crippen molar-refractivity contribution in [2.45, 2.75) is 0 Å². The van der Waals surface area contributed by atoms with Gasteiger partial charge in [-0.1, -0.05) is 152 Å². The fraction of sp³-hybridized carbons (Fsp3) is 0. The van der Waals surface area contributed by atoms with Crippen LogP contribution < -0.4 is 4.90 Å². The Morgan fingerprint density at radius 1 is 0.419 bits per heavy atom. The van der Waals surface area contributed by atoms with Crippen LogP contribution in [0.3, 0.4) is 0 Å². The van der Waals surface area contributed by atoms with Crippen molar-refractivity contribution in [3.05, 3.63) is 218 Å². The number of anilines is 3. The molecule has 10 aromatic carbocycles. The van der Waals surface area contributed by atoms with Crippen LogP contribution in [-0.2, 0) is 0 Å². The molecule has 0 N–H and O–H groups in total. The first kappa shape index (κ1) is 34.9. The summed E-state index contributed by atoms with van der Waals surface area (Å²) >= 11 is 1.87. The number of para-hydroxylation sites is 2. The smallest absolute Gasteiger partial charge is 0.135 e. The quantitative estimate of drug-likeness (QED) is 0.167. The number of nitrogens with zero attached hydrogens (tertiary/aromatic N) is 2. The van der Waals surface area contributed by atoms with Gasteiger partial charge in [-0.3, -0.25) is 0 Å². The standard InChI is InChI=1S/C58H36N2OS/c1-3-13-38(14-4-1)45-32-33-51(56-49-20-10-12-22-55(49)62-58(45)56)59(43-29-34-54-50(36-43)47-19-9-11-21-53(47)61-54)42-27-23-37(24-28-42)40-26-30-46-48-31-25-39-15-7-8-18-44(39)57(48)60(52(46)35-40)41-16-5-2-6-17-41/h1-36H. The minimum Gasteiger partial charge on any atom is -0.456 e. The molecule has 0 atom stereocenters. The van der Waals surface area contributed by atoms with Crippen molar-refractivity contribution in [2.75, 3.05) is 4.90 Å². The summed E-state index contributed by atoms with van der Waals surface area (Å²) in [6.45, 7) is 0. The maximum atomic E-state index is 6.33. The van der Waals surface area contributed by atoms with Crippen LogP contribution in [0.15, 0.2) is 223 Å². The van der Waals surface area contributed by atoms with Crippen molar-refractivity contribution < 1.29 is 4.42 Å². The molecule has 0 aliphatic heterocycles. The average molecular weight is 809 g/mol. The van der Waals surface area contributed by atoms with Crippen LogP contribution in [0.4, 0.5) is 17.1 Å². The van der Waals surface area contributed by atoms with Crippen LogP contribution in [-0.4, -0.2) is 4.57 Å². The highest BCUT2D eigenvalue weighted by atomic mass is 32.1. The summed E-state index contributed by atoms with van der Waals surface area (Å²) < 4.78 is 11.3. The van der Waals surface area contributed by atoms with Gasteiger partial charge in [0.05, 0.1) is 16.7 Å². The van der Waals surface area contributed by atoms with Gasteiger partial charge in [0.1, 0.15) is 11.2 Å². The minimum absolute atomic E-state index is 0.882. The van der Waals surface area contributed by atoms with Gasteiger partial charge >= 0.3 is 0 Å². The van der Waals surface area contributed by atoms with Crippen LogP contribution in [0.1, 0.15) is 0 Å². The Labute approximate surface area is 361 Å². The predicted octanol–water partition coefficient (Wildman–Crippen LogP) is 17.0. The van der Waals surface area contributed by atoms with Gasteiger partial charge in [0.15, 0.2) is 0 Å². The molecule has 0 saturated heterocycles. The number of hydrogen-bond donors (Lipinski definition) is 0. The number of rotatable bonds is 6. The van der Waals surface area contributed by atoms with Crippen LogP contribution in [0, 0.1) is 0 Å².